The van der Waals surface area contributed by atoms with Crippen molar-refractivity contribution in [3.05, 3.63) is 58.7 Å². The van der Waals surface area contributed by atoms with Crippen LogP contribution in [0.3, 0.4) is 0 Å². The Balaban J connectivity index is 1.85. The number of benzene rings is 2. The number of hydrogen-bond donors (Lipinski definition) is 3. The third kappa shape index (κ3) is 3.62. The third-order valence-electron chi connectivity index (χ3n) is 4.43. The van der Waals surface area contributed by atoms with E-state index >= 15 is 0 Å². The van der Waals surface area contributed by atoms with Crippen molar-refractivity contribution in [2.24, 2.45) is 0 Å². The first kappa shape index (κ1) is 18.4. The van der Waals surface area contributed by atoms with Crippen LogP contribution in [0.2, 0.25) is 0 Å². The number of aromatic hydroxyl groups is 1. The smallest absolute Gasteiger partial charge is 0.254 e. The lowest BCUT2D eigenvalue weighted by molar-refractivity contribution is 0.0953. The molecule has 27 heavy (non-hydrogen) atoms. The third-order valence-corrected chi connectivity index (χ3v) is 4.43. The number of phenols is 1. The van der Waals surface area contributed by atoms with E-state index in [2.05, 4.69) is 5.32 Å². The normalized spacial score (nSPS) is 12.7. The van der Waals surface area contributed by atoms with Crippen molar-refractivity contribution in [2.75, 3.05) is 20.2 Å². The highest BCUT2D eigenvalue weighted by atomic mass is 16.5. The zero-order valence-electron chi connectivity index (χ0n) is 15.2. The van der Waals surface area contributed by atoms with Crippen LogP contribution in [-0.4, -0.2) is 47.7 Å². The summed E-state index contributed by atoms with van der Waals surface area (Å²) < 4.78 is 5.58. The fraction of sp³-hybridized carbons (Fsp3) is 0.250. The molecule has 2 aromatic rings. The van der Waals surface area contributed by atoms with Gasteiger partial charge in [0.05, 0.1) is 18.7 Å². The van der Waals surface area contributed by atoms with Gasteiger partial charge in [-0.05, 0) is 48.9 Å². The van der Waals surface area contributed by atoms with Gasteiger partial charge in [0.2, 0.25) is 0 Å². The summed E-state index contributed by atoms with van der Waals surface area (Å²) in [4.78, 5) is 26.3. The second kappa shape index (κ2) is 7.49. The lowest BCUT2D eigenvalue weighted by Crippen LogP contribution is -2.30. The zero-order valence-corrected chi connectivity index (χ0v) is 15.2. The van der Waals surface area contributed by atoms with E-state index in [9.17, 15) is 14.7 Å². The molecule has 1 amide bonds. The van der Waals surface area contributed by atoms with Gasteiger partial charge in [-0.15, -0.1) is 0 Å². The Morgan fingerprint density at radius 2 is 1.96 bits per heavy atom. The first-order valence-electron chi connectivity index (χ1n) is 8.62. The Morgan fingerprint density at radius 3 is 2.59 bits per heavy atom. The van der Waals surface area contributed by atoms with E-state index < -0.39 is 0 Å². The van der Waals surface area contributed by atoms with Crippen molar-refractivity contribution in [1.29, 1.82) is 5.41 Å². The van der Waals surface area contributed by atoms with Crippen LogP contribution in [0.1, 0.15) is 38.8 Å². The summed E-state index contributed by atoms with van der Waals surface area (Å²) in [5, 5.41) is 20.3. The molecular weight excluding hydrogens is 346 g/mol. The molecule has 2 aromatic carbocycles. The summed E-state index contributed by atoms with van der Waals surface area (Å²) in [5.74, 6) is 0.329. The van der Waals surface area contributed by atoms with E-state index in [1.54, 1.807) is 36.2 Å². The molecule has 0 saturated heterocycles. The van der Waals surface area contributed by atoms with Crippen LogP contribution in [-0.2, 0) is 6.54 Å². The minimum absolute atomic E-state index is 0.0393. The van der Waals surface area contributed by atoms with E-state index in [1.165, 1.54) is 12.1 Å². The fourth-order valence-corrected chi connectivity index (χ4v) is 3.06. The average molecular weight is 367 g/mol. The molecule has 1 aliphatic heterocycles. The van der Waals surface area contributed by atoms with E-state index in [0.717, 1.165) is 5.56 Å². The maximum atomic E-state index is 12.5. The van der Waals surface area contributed by atoms with Crippen LogP contribution in [0.5, 0.6) is 11.5 Å². The predicted molar refractivity (Wildman–Crippen MR) is 101 cm³/mol. The summed E-state index contributed by atoms with van der Waals surface area (Å²) in [5.41, 5.74) is 2.30. The van der Waals surface area contributed by atoms with Crippen LogP contribution in [0.4, 0.5) is 0 Å². The first-order chi connectivity index (χ1) is 12.9. The molecule has 7 heteroatoms. The second-order valence-corrected chi connectivity index (χ2v) is 6.19. The number of amides is 1. The predicted octanol–water partition coefficient (Wildman–Crippen LogP) is 2.17. The molecule has 1 heterocycles. The lowest BCUT2D eigenvalue weighted by atomic mass is 10.0. The van der Waals surface area contributed by atoms with Crippen LogP contribution in [0, 0.1) is 5.41 Å². The molecule has 0 atom stereocenters. The summed E-state index contributed by atoms with van der Waals surface area (Å²) in [6.07, 6.45) is 0. The number of phenolic OH excluding ortho intramolecular Hbond substituents is 1. The van der Waals surface area contributed by atoms with Crippen molar-refractivity contribution in [2.45, 2.75) is 13.5 Å². The number of ketones is 1. The number of rotatable bonds is 6. The van der Waals surface area contributed by atoms with E-state index in [4.69, 9.17) is 10.1 Å². The van der Waals surface area contributed by atoms with Gasteiger partial charge in [0.15, 0.2) is 5.78 Å². The Morgan fingerprint density at radius 1 is 1.26 bits per heavy atom. The van der Waals surface area contributed by atoms with E-state index in [-0.39, 0.29) is 29.8 Å². The molecule has 1 aliphatic rings. The van der Waals surface area contributed by atoms with E-state index in [0.29, 0.717) is 35.6 Å². The average Bonchev–Trinajstić information content (AvgIpc) is 2.96. The topological polar surface area (TPSA) is 103 Å². The molecule has 3 N–H and O–H groups in total. The second-order valence-electron chi connectivity index (χ2n) is 6.19. The minimum Gasteiger partial charge on any atom is -0.508 e. The molecular formula is C20H21N3O4. The highest BCUT2D eigenvalue weighted by Gasteiger charge is 2.29. The van der Waals surface area contributed by atoms with Crippen LogP contribution in [0.15, 0.2) is 36.4 Å². The Labute approximate surface area is 157 Å². The Hall–Kier alpha value is -3.35. The molecule has 3 rings (SSSR count). The fourth-order valence-electron chi connectivity index (χ4n) is 3.06. The van der Waals surface area contributed by atoms with Crippen molar-refractivity contribution in [1.82, 2.24) is 10.2 Å². The lowest BCUT2D eigenvalue weighted by Gasteiger charge is -2.16. The van der Waals surface area contributed by atoms with E-state index in [1.807, 2.05) is 6.92 Å². The standard InChI is InChI=1S/C20H21N3O4/c1-3-27-18-8-13-10-23(11-17(25)12-4-6-14(24)7-5-12)19(21)15(13)9-16(18)20(26)22-2/h4-9,21,24H,3,10-11H2,1-2H3,(H,22,26). The number of carbonyl (C=O) groups is 2. The van der Waals surface area contributed by atoms with Gasteiger partial charge in [-0.25, -0.2) is 0 Å². The quantitative estimate of drug-likeness (QED) is 0.679. The van der Waals surface area contributed by atoms with Crippen molar-refractivity contribution >= 4 is 17.5 Å². The summed E-state index contributed by atoms with van der Waals surface area (Å²) in [6.45, 7) is 2.69. The van der Waals surface area contributed by atoms with Gasteiger partial charge >= 0.3 is 0 Å². The molecule has 0 spiro atoms. The number of nitrogens with one attached hydrogen (secondary N) is 2. The minimum atomic E-state index is -0.285. The molecule has 0 saturated carbocycles. The monoisotopic (exact) mass is 367 g/mol. The number of amidine groups is 1. The SMILES string of the molecule is CCOc1cc2c(cc1C(=O)NC)C(=N)N(CC(=O)c1ccc(O)cc1)C2. The molecule has 0 bridgehead atoms. The zero-order chi connectivity index (χ0) is 19.6. The Kier molecular flexibility index (Phi) is 5.12. The van der Waals surface area contributed by atoms with Gasteiger partial charge in [-0.3, -0.25) is 15.0 Å². The van der Waals surface area contributed by atoms with Crippen molar-refractivity contribution < 1.29 is 19.4 Å². The highest BCUT2D eigenvalue weighted by Crippen LogP contribution is 2.30. The van der Waals surface area contributed by atoms with Crippen LogP contribution >= 0.6 is 0 Å². The highest BCUT2D eigenvalue weighted by molar-refractivity contribution is 6.07. The van der Waals surface area contributed by atoms with Crippen molar-refractivity contribution in [3.8, 4) is 11.5 Å². The largest absolute Gasteiger partial charge is 0.508 e. The summed E-state index contributed by atoms with van der Waals surface area (Å²) >= 11 is 0. The molecule has 0 unspecified atom stereocenters. The van der Waals surface area contributed by atoms with Gasteiger partial charge in [0, 0.05) is 24.7 Å². The Bertz CT molecular complexity index is 906. The maximum Gasteiger partial charge on any atom is 0.254 e. The van der Waals surface area contributed by atoms with Gasteiger partial charge < -0.3 is 20.1 Å². The molecule has 0 aromatic heterocycles. The van der Waals surface area contributed by atoms with Crippen LogP contribution in [0.25, 0.3) is 0 Å². The maximum absolute atomic E-state index is 12.5. The number of carbonyl (C=O) groups excluding carboxylic acids is 2. The molecule has 0 radical (unpaired) electrons. The van der Waals surface area contributed by atoms with Gasteiger partial charge in [-0.2, -0.15) is 0 Å². The number of fused-ring (bicyclic) bond motifs is 1. The summed E-state index contributed by atoms with van der Waals surface area (Å²) in [7, 11) is 1.54. The van der Waals surface area contributed by atoms with Gasteiger partial charge in [0.25, 0.3) is 5.91 Å². The molecule has 7 nitrogen and oxygen atoms in total. The van der Waals surface area contributed by atoms with Gasteiger partial charge in [-0.1, -0.05) is 0 Å². The number of Topliss-reactive ketones (excluding diaryl/α,β-unsaturated/α-hetero) is 1. The first-order valence-corrected chi connectivity index (χ1v) is 8.62. The summed E-state index contributed by atoms with van der Waals surface area (Å²) in [6, 6.07) is 9.45. The molecule has 0 aliphatic carbocycles. The number of ether oxygens (including phenoxy) is 1. The van der Waals surface area contributed by atoms with Gasteiger partial charge in [0.1, 0.15) is 17.3 Å². The van der Waals surface area contributed by atoms with Crippen LogP contribution < -0.4 is 10.1 Å². The number of nitrogens with zero attached hydrogens (tertiary/aromatic N) is 1. The van der Waals surface area contributed by atoms with Crippen molar-refractivity contribution in [3.63, 3.8) is 0 Å². The molecule has 140 valence electrons. The molecule has 0 fully saturated rings. The number of hydrogen-bond acceptors (Lipinski definition) is 5.